The average molecular weight is 387 g/mol. The van der Waals surface area contributed by atoms with Crippen molar-refractivity contribution in [1.29, 1.82) is 0 Å². The lowest BCUT2D eigenvalue weighted by Gasteiger charge is -2.14. The summed E-state index contributed by atoms with van der Waals surface area (Å²) in [5.74, 6) is 0.0467. The van der Waals surface area contributed by atoms with Crippen molar-refractivity contribution in [3.05, 3.63) is 100 Å². The number of benzene rings is 3. The van der Waals surface area contributed by atoms with Crippen LogP contribution in [0.1, 0.15) is 28.9 Å². The van der Waals surface area contributed by atoms with Crippen molar-refractivity contribution < 1.29 is 18.9 Å². The van der Waals surface area contributed by atoms with Crippen LogP contribution in [-0.2, 0) is 4.74 Å². The number of carbonyl (C=O) groups is 1. The number of hydrogen-bond acceptors (Lipinski definition) is 5. The van der Waals surface area contributed by atoms with Crippen molar-refractivity contribution in [2.24, 2.45) is 0 Å². The third-order valence-corrected chi connectivity index (χ3v) is 4.67. The zero-order chi connectivity index (χ0) is 20.4. The highest BCUT2D eigenvalue weighted by Gasteiger charge is 2.24. The summed E-state index contributed by atoms with van der Waals surface area (Å²) in [5.41, 5.74) is 1.97. The molecule has 6 nitrogen and oxygen atoms in total. The molecule has 0 amide bonds. The lowest BCUT2D eigenvalue weighted by molar-refractivity contribution is -0.386. The Morgan fingerprint density at radius 3 is 2.45 bits per heavy atom. The van der Waals surface area contributed by atoms with Gasteiger partial charge < -0.3 is 9.15 Å². The van der Waals surface area contributed by atoms with Gasteiger partial charge >= 0.3 is 5.97 Å². The largest absolute Gasteiger partial charge is 0.456 e. The number of carbonyl (C=O) groups excluding carboxylic acids is 1. The van der Waals surface area contributed by atoms with Gasteiger partial charge in [0.15, 0.2) is 0 Å². The third kappa shape index (κ3) is 3.73. The molecule has 0 aliphatic carbocycles. The number of nitro groups is 1. The number of hydrogen-bond donors (Lipinski definition) is 0. The standard InChI is InChI=1S/C23H17NO5/c1-15(28-23(25)16-7-3-2-4-8-16)19-13-18(11-12-20(19)24(26)27)22-14-17-9-5-6-10-21(17)29-22/h2-15H,1H3. The first-order valence-electron chi connectivity index (χ1n) is 9.06. The van der Waals surface area contributed by atoms with E-state index < -0.39 is 17.0 Å². The number of para-hydroxylation sites is 1. The molecule has 0 spiro atoms. The fourth-order valence-electron chi connectivity index (χ4n) is 3.19. The first-order valence-corrected chi connectivity index (χ1v) is 9.06. The summed E-state index contributed by atoms with van der Waals surface area (Å²) in [6.45, 7) is 1.62. The number of ether oxygens (including phenoxy) is 1. The summed E-state index contributed by atoms with van der Waals surface area (Å²) in [4.78, 5) is 23.4. The molecule has 0 bridgehead atoms. The third-order valence-electron chi connectivity index (χ3n) is 4.67. The topological polar surface area (TPSA) is 82.6 Å². The summed E-state index contributed by atoms with van der Waals surface area (Å²) < 4.78 is 11.4. The van der Waals surface area contributed by atoms with Gasteiger partial charge in [0.05, 0.1) is 16.1 Å². The molecule has 0 saturated carbocycles. The zero-order valence-electron chi connectivity index (χ0n) is 15.6. The average Bonchev–Trinajstić information content (AvgIpc) is 3.18. The molecule has 0 aliphatic heterocycles. The molecule has 0 fully saturated rings. The van der Waals surface area contributed by atoms with Gasteiger partial charge in [-0.25, -0.2) is 4.79 Å². The van der Waals surface area contributed by atoms with Gasteiger partial charge in [-0.15, -0.1) is 0 Å². The Kier molecular flexibility index (Phi) is 4.83. The number of fused-ring (bicyclic) bond motifs is 1. The van der Waals surface area contributed by atoms with Gasteiger partial charge in [0.2, 0.25) is 0 Å². The van der Waals surface area contributed by atoms with Crippen molar-refractivity contribution in [3.8, 4) is 11.3 Å². The second kappa shape index (κ2) is 7.59. The van der Waals surface area contributed by atoms with E-state index in [4.69, 9.17) is 9.15 Å². The highest BCUT2D eigenvalue weighted by molar-refractivity contribution is 5.89. The van der Waals surface area contributed by atoms with E-state index in [1.165, 1.54) is 6.07 Å². The molecule has 1 heterocycles. The van der Waals surface area contributed by atoms with E-state index >= 15 is 0 Å². The highest BCUT2D eigenvalue weighted by atomic mass is 16.6. The van der Waals surface area contributed by atoms with Crippen molar-refractivity contribution in [2.75, 3.05) is 0 Å². The Morgan fingerprint density at radius 1 is 1.00 bits per heavy atom. The first-order chi connectivity index (χ1) is 14.0. The molecule has 29 heavy (non-hydrogen) atoms. The quantitative estimate of drug-likeness (QED) is 0.241. The lowest BCUT2D eigenvalue weighted by Crippen LogP contribution is -2.10. The molecule has 4 aromatic rings. The maximum atomic E-state index is 12.4. The van der Waals surface area contributed by atoms with E-state index in [2.05, 4.69) is 0 Å². The van der Waals surface area contributed by atoms with E-state index in [0.717, 1.165) is 11.0 Å². The normalized spacial score (nSPS) is 11.9. The summed E-state index contributed by atoms with van der Waals surface area (Å²) in [7, 11) is 0. The van der Waals surface area contributed by atoms with Gasteiger partial charge in [-0.2, -0.15) is 0 Å². The van der Waals surface area contributed by atoms with Gasteiger partial charge in [-0.05, 0) is 43.3 Å². The summed E-state index contributed by atoms with van der Waals surface area (Å²) in [5, 5.41) is 12.4. The Morgan fingerprint density at radius 2 is 1.72 bits per heavy atom. The fraction of sp³-hybridized carbons (Fsp3) is 0.0870. The van der Waals surface area contributed by atoms with Crippen LogP contribution in [0.5, 0.6) is 0 Å². The molecule has 0 N–H and O–H groups in total. The Bertz CT molecular complexity index is 1160. The van der Waals surface area contributed by atoms with Gasteiger partial charge in [-0.1, -0.05) is 36.4 Å². The van der Waals surface area contributed by atoms with Crippen LogP contribution in [0.25, 0.3) is 22.3 Å². The van der Waals surface area contributed by atoms with E-state index in [1.54, 1.807) is 49.4 Å². The summed E-state index contributed by atoms with van der Waals surface area (Å²) in [6.07, 6.45) is -0.813. The number of nitrogens with zero attached hydrogens (tertiary/aromatic N) is 1. The number of rotatable bonds is 5. The van der Waals surface area contributed by atoms with Gasteiger partial charge in [0, 0.05) is 17.0 Å². The highest BCUT2D eigenvalue weighted by Crippen LogP contribution is 2.34. The molecule has 1 aromatic heterocycles. The molecule has 6 heteroatoms. The van der Waals surface area contributed by atoms with Crippen molar-refractivity contribution in [1.82, 2.24) is 0 Å². The SMILES string of the molecule is CC(OC(=O)c1ccccc1)c1cc(-c2cc3ccccc3o2)ccc1[N+](=O)[O-]. The predicted molar refractivity (Wildman–Crippen MR) is 109 cm³/mol. The molecule has 1 atom stereocenters. The van der Waals surface area contributed by atoms with Crippen molar-refractivity contribution in [3.63, 3.8) is 0 Å². The Labute approximate surface area is 166 Å². The van der Waals surface area contributed by atoms with E-state index in [0.29, 0.717) is 22.5 Å². The van der Waals surface area contributed by atoms with Crippen LogP contribution >= 0.6 is 0 Å². The second-order valence-corrected chi connectivity index (χ2v) is 6.59. The van der Waals surface area contributed by atoms with Gasteiger partial charge in [0.1, 0.15) is 17.4 Å². The molecule has 144 valence electrons. The monoisotopic (exact) mass is 387 g/mol. The van der Waals surface area contributed by atoms with Crippen LogP contribution in [0.15, 0.2) is 83.3 Å². The van der Waals surface area contributed by atoms with Crippen molar-refractivity contribution >= 4 is 22.6 Å². The number of esters is 1. The second-order valence-electron chi connectivity index (χ2n) is 6.59. The van der Waals surface area contributed by atoms with Crippen LogP contribution in [0, 0.1) is 10.1 Å². The molecule has 3 aromatic carbocycles. The minimum atomic E-state index is -0.813. The molecule has 4 rings (SSSR count). The maximum Gasteiger partial charge on any atom is 0.338 e. The van der Waals surface area contributed by atoms with Gasteiger partial charge in [-0.3, -0.25) is 10.1 Å². The Balaban J connectivity index is 1.69. The fourth-order valence-corrected chi connectivity index (χ4v) is 3.19. The molecule has 0 radical (unpaired) electrons. The van der Waals surface area contributed by atoms with Crippen LogP contribution in [0.2, 0.25) is 0 Å². The van der Waals surface area contributed by atoms with Crippen LogP contribution < -0.4 is 0 Å². The lowest BCUT2D eigenvalue weighted by atomic mass is 10.0. The first kappa shape index (κ1) is 18.4. The molecule has 0 saturated heterocycles. The molecule has 0 aliphatic rings. The summed E-state index contributed by atoms with van der Waals surface area (Å²) in [6, 6.07) is 22.6. The number of nitro benzene ring substituents is 1. The van der Waals surface area contributed by atoms with E-state index in [9.17, 15) is 14.9 Å². The molecular formula is C23H17NO5. The maximum absolute atomic E-state index is 12.4. The van der Waals surface area contributed by atoms with Crippen LogP contribution in [0.3, 0.4) is 0 Å². The smallest absolute Gasteiger partial charge is 0.338 e. The Hall–Kier alpha value is -3.93. The minimum absolute atomic E-state index is 0.113. The van der Waals surface area contributed by atoms with Crippen LogP contribution in [-0.4, -0.2) is 10.9 Å². The molecule has 1 unspecified atom stereocenters. The van der Waals surface area contributed by atoms with E-state index in [1.807, 2.05) is 30.3 Å². The molecular weight excluding hydrogens is 370 g/mol. The van der Waals surface area contributed by atoms with Crippen molar-refractivity contribution in [2.45, 2.75) is 13.0 Å². The predicted octanol–water partition coefficient (Wildman–Crippen LogP) is 5.93. The zero-order valence-corrected chi connectivity index (χ0v) is 15.6. The van der Waals surface area contributed by atoms with E-state index in [-0.39, 0.29) is 5.69 Å². The van der Waals surface area contributed by atoms with Gasteiger partial charge in [0.25, 0.3) is 5.69 Å². The number of furan rings is 1. The summed E-state index contributed by atoms with van der Waals surface area (Å²) >= 11 is 0. The van der Waals surface area contributed by atoms with Crippen LogP contribution in [0.4, 0.5) is 5.69 Å². The minimum Gasteiger partial charge on any atom is -0.456 e.